The van der Waals surface area contributed by atoms with Gasteiger partial charge in [-0.05, 0) is 131 Å². The minimum Gasteiger partial charge on any atom is -0.309 e. The van der Waals surface area contributed by atoms with Crippen LogP contribution >= 0.6 is 0 Å². The molecule has 10 aromatic rings. The molecule has 0 unspecified atom stereocenters. The van der Waals surface area contributed by atoms with Crippen molar-refractivity contribution in [3.05, 3.63) is 179 Å². The molecule has 0 fully saturated rings. The first-order valence-corrected chi connectivity index (χ1v) is 19.6. The molecule has 3 heterocycles. The molecule has 0 N–H and O–H groups in total. The molecule has 0 aliphatic heterocycles. The van der Waals surface area contributed by atoms with Crippen LogP contribution in [0.1, 0.15) is 33.9 Å². The lowest BCUT2D eigenvalue weighted by Gasteiger charge is -2.19. The average Bonchev–Trinajstić information content (AvgIpc) is 3.70. The molecule has 0 aliphatic rings. The molecule has 0 radical (unpaired) electrons. The van der Waals surface area contributed by atoms with E-state index in [4.69, 9.17) is 16.5 Å². The van der Waals surface area contributed by atoms with Crippen molar-refractivity contribution in [2.24, 2.45) is 0 Å². The fourth-order valence-corrected chi connectivity index (χ4v) is 8.71. The van der Waals surface area contributed by atoms with Crippen LogP contribution in [-0.4, -0.2) is 24.1 Å². The second kappa shape index (κ2) is 13.4. The quantitative estimate of drug-likeness (QED) is 0.165. The number of fused-ring (bicyclic) bond motifs is 6. The van der Waals surface area contributed by atoms with Gasteiger partial charge in [0.15, 0.2) is 11.5 Å². The van der Waals surface area contributed by atoms with Crippen LogP contribution in [0.15, 0.2) is 133 Å². The first kappa shape index (κ1) is 35.1. The number of hydrogen-bond acceptors (Lipinski definition) is 3. The SMILES string of the molecule is [C-]#[N+]c1ccc(-c2ccc(-n3c4ccc(C)cc4c4cc(C)ccc43)c(-c3ccc(-n4c5ccc(C)cc5c5cc(C)ccc54)c(-c4nc(C)nc(C)n4)c3)c2)cc1. The van der Waals surface area contributed by atoms with Crippen LogP contribution in [0, 0.1) is 48.1 Å². The first-order chi connectivity index (χ1) is 28.1. The molecule has 0 saturated carbocycles. The lowest BCUT2D eigenvalue weighted by molar-refractivity contribution is 0.927. The smallest absolute Gasteiger partial charge is 0.187 e. The zero-order chi connectivity index (χ0) is 39.8. The van der Waals surface area contributed by atoms with Gasteiger partial charge in [0.25, 0.3) is 0 Å². The molecule has 6 nitrogen and oxygen atoms in total. The Labute approximate surface area is 337 Å². The summed E-state index contributed by atoms with van der Waals surface area (Å²) in [6.45, 7) is 20.0. The van der Waals surface area contributed by atoms with Crippen molar-refractivity contribution < 1.29 is 0 Å². The number of aryl methyl sites for hydroxylation is 6. The lowest BCUT2D eigenvalue weighted by atomic mass is 9.95. The van der Waals surface area contributed by atoms with Gasteiger partial charge in [-0.1, -0.05) is 82.9 Å². The number of nitrogens with zero attached hydrogens (tertiary/aromatic N) is 6. The van der Waals surface area contributed by atoms with Gasteiger partial charge in [0.1, 0.15) is 11.6 Å². The monoisotopic (exact) mass is 748 g/mol. The molecule has 0 bridgehead atoms. The van der Waals surface area contributed by atoms with Crippen molar-refractivity contribution >= 4 is 49.3 Å². The van der Waals surface area contributed by atoms with Crippen molar-refractivity contribution in [1.82, 2.24) is 24.1 Å². The van der Waals surface area contributed by atoms with Gasteiger partial charge in [-0.3, -0.25) is 0 Å². The summed E-state index contributed by atoms with van der Waals surface area (Å²) in [6.07, 6.45) is 0. The summed E-state index contributed by atoms with van der Waals surface area (Å²) in [6, 6.07) is 48.2. The van der Waals surface area contributed by atoms with Crippen molar-refractivity contribution in [3.8, 4) is 45.0 Å². The zero-order valence-electron chi connectivity index (χ0n) is 33.4. The Balaban J connectivity index is 1.30. The maximum Gasteiger partial charge on any atom is 0.187 e. The number of rotatable bonds is 5. The molecule has 278 valence electrons. The normalized spacial score (nSPS) is 11.6. The van der Waals surface area contributed by atoms with Crippen molar-refractivity contribution in [2.75, 3.05) is 0 Å². The van der Waals surface area contributed by atoms with Gasteiger partial charge >= 0.3 is 0 Å². The number of hydrogen-bond donors (Lipinski definition) is 0. The third-order valence-corrected chi connectivity index (χ3v) is 11.4. The zero-order valence-corrected chi connectivity index (χ0v) is 33.4. The van der Waals surface area contributed by atoms with Crippen molar-refractivity contribution in [1.29, 1.82) is 0 Å². The van der Waals surface area contributed by atoms with Crippen LogP contribution in [0.5, 0.6) is 0 Å². The summed E-state index contributed by atoms with van der Waals surface area (Å²) >= 11 is 0. The van der Waals surface area contributed by atoms with Gasteiger partial charge in [0.2, 0.25) is 0 Å². The van der Waals surface area contributed by atoms with Gasteiger partial charge in [0.05, 0.1) is 40.0 Å². The fourth-order valence-electron chi connectivity index (χ4n) is 8.71. The highest BCUT2D eigenvalue weighted by Crippen LogP contribution is 2.42. The summed E-state index contributed by atoms with van der Waals surface area (Å²) in [5.41, 5.74) is 17.3. The Kier molecular flexibility index (Phi) is 8.10. The minimum absolute atomic E-state index is 0.620. The molecular formula is C52H40N6. The Hall–Kier alpha value is -7.36. The fraction of sp³-hybridized carbons (Fsp3) is 0.115. The molecule has 58 heavy (non-hydrogen) atoms. The van der Waals surface area contributed by atoms with Crippen molar-refractivity contribution in [2.45, 2.75) is 41.5 Å². The second-order valence-corrected chi connectivity index (χ2v) is 15.6. The molecule has 0 amide bonds. The van der Waals surface area contributed by atoms with Gasteiger partial charge in [-0.2, -0.15) is 0 Å². The van der Waals surface area contributed by atoms with E-state index in [1.54, 1.807) is 0 Å². The second-order valence-electron chi connectivity index (χ2n) is 15.6. The molecule has 3 aromatic heterocycles. The summed E-state index contributed by atoms with van der Waals surface area (Å²) in [7, 11) is 0. The van der Waals surface area contributed by atoms with Gasteiger partial charge < -0.3 is 9.13 Å². The largest absolute Gasteiger partial charge is 0.309 e. The highest BCUT2D eigenvalue weighted by atomic mass is 15.0. The summed E-state index contributed by atoms with van der Waals surface area (Å²) in [5.74, 6) is 1.98. The molecule has 6 heteroatoms. The van der Waals surface area contributed by atoms with E-state index in [1.807, 2.05) is 38.1 Å². The Morgan fingerprint density at radius 1 is 0.397 bits per heavy atom. The Bertz CT molecular complexity index is 3220. The standard InChI is InChI=1S/C52H40N6/c1-30-8-18-47-41(24-30)42-25-31(2)9-19-48(42)57(47)46-22-14-37(36-12-16-39(53-7)17-13-36)28-40(46)38-15-23-51(45(29-38)52-55-34(5)54-35(6)56-52)58-49-20-10-32(3)26-43(49)44-27-33(4)11-21-50(44)58/h8-29H,1-6H3. The van der Waals surface area contributed by atoms with Crippen LogP contribution < -0.4 is 0 Å². The van der Waals surface area contributed by atoms with Crippen LogP contribution in [0.25, 0.3) is 93.5 Å². The third-order valence-electron chi connectivity index (χ3n) is 11.4. The molecule has 0 spiro atoms. The van der Waals surface area contributed by atoms with Gasteiger partial charge in [-0.25, -0.2) is 19.8 Å². The van der Waals surface area contributed by atoms with Crippen LogP contribution in [0.4, 0.5) is 5.69 Å². The van der Waals surface area contributed by atoms with E-state index in [-0.39, 0.29) is 0 Å². The number of aromatic nitrogens is 5. The molecule has 0 atom stereocenters. The van der Waals surface area contributed by atoms with E-state index >= 15 is 0 Å². The van der Waals surface area contributed by atoms with Crippen LogP contribution in [-0.2, 0) is 0 Å². The summed E-state index contributed by atoms with van der Waals surface area (Å²) < 4.78 is 4.78. The third kappa shape index (κ3) is 5.74. The summed E-state index contributed by atoms with van der Waals surface area (Å²) in [5, 5.41) is 4.89. The van der Waals surface area contributed by atoms with Crippen LogP contribution in [0.3, 0.4) is 0 Å². The minimum atomic E-state index is 0.620. The maximum absolute atomic E-state index is 7.53. The van der Waals surface area contributed by atoms with E-state index in [0.717, 1.165) is 61.3 Å². The first-order valence-electron chi connectivity index (χ1n) is 19.6. The highest BCUT2D eigenvalue weighted by Gasteiger charge is 2.22. The Morgan fingerprint density at radius 3 is 1.24 bits per heavy atom. The van der Waals surface area contributed by atoms with E-state index < -0.39 is 0 Å². The molecular weight excluding hydrogens is 709 g/mol. The molecule has 0 aliphatic carbocycles. The van der Waals surface area contributed by atoms with E-state index in [1.165, 1.54) is 43.8 Å². The van der Waals surface area contributed by atoms with E-state index in [2.05, 4.69) is 156 Å². The van der Waals surface area contributed by atoms with E-state index in [0.29, 0.717) is 23.2 Å². The van der Waals surface area contributed by atoms with Crippen molar-refractivity contribution in [3.63, 3.8) is 0 Å². The summed E-state index contributed by atoms with van der Waals surface area (Å²) in [4.78, 5) is 18.2. The Morgan fingerprint density at radius 2 is 0.793 bits per heavy atom. The highest BCUT2D eigenvalue weighted by molar-refractivity contribution is 6.11. The lowest BCUT2D eigenvalue weighted by Crippen LogP contribution is -2.04. The topological polar surface area (TPSA) is 52.9 Å². The van der Waals surface area contributed by atoms with Crippen LogP contribution in [0.2, 0.25) is 0 Å². The molecule has 0 saturated heterocycles. The predicted molar refractivity (Wildman–Crippen MR) is 239 cm³/mol. The number of benzene rings is 7. The van der Waals surface area contributed by atoms with E-state index in [9.17, 15) is 0 Å². The molecule has 10 rings (SSSR count). The predicted octanol–water partition coefficient (Wildman–Crippen LogP) is 13.5. The molecule has 7 aromatic carbocycles. The average molecular weight is 749 g/mol. The van der Waals surface area contributed by atoms with Gasteiger partial charge in [0, 0.05) is 32.7 Å². The maximum atomic E-state index is 7.53. The van der Waals surface area contributed by atoms with Gasteiger partial charge in [-0.15, -0.1) is 0 Å².